The van der Waals surface area contributed by atoms with Gasteiger partial charge < -0.3 is 20.1 Å². The Kier molecular flexibility index (Phi) is 5.26. The van der Waals surface area contributed by atoms with Gasteiger partial charge in [0.15, 0.2) is 11.5 Å². The fourth-order valence-electron chi connectivity index (χ4n) is 2.32. The maximum atomic E-state index is 12.5. The third-order valence-electron chi connectivity index (χ3n) is 3.57. The molecule has 3 rings (SSSR count). The first-order chi connectivity index (χ1) is 12.3. The molecule has 0 aromatic heterocycles. The monoisotopic (exact) mass is 430 g/mol. The van der Waals surface area contributed by atoms with Crippen LogP contribution in [0.3, 0.4) is 0 Å². The molecule has 0 radical (unpaired) electrons. The van der Waals surface area contributed by atoms with Crippen molar-refractivity contribution in [2.75, 3.05) is 30.4 Å². The zero-order valence-corrected chi connectivity index (χ0v) is 14.9. The standard InChI is InChI=1S/C17H14BrF3N2O3/c18-12-7-14-15(26-6-5-25-14)8-13(12)22-9-16(24)23-11-3-1-10(2-4-11)17(19,20)21/h1-4,7-8,22H,5-6,9H2,(H,23,24). The maximum absolute atomic E-state index is 12.5. The molecule has 9 heteroatoms. The van der Waals surface area contributed by atoms with Gasteiger partial charge in [0.05, 0.1) is 17.8 Å². The van der Waals surface area contributed by atoms with E-state index in [2.05, 4.69) is 26.6 Å². The van der Waals surface area contributed by atoms with Crippen molar-refractivity contribution in [2.24, 2.45) is 0 Å². The largest absolute Gasteiger partial charge is 0.486 e. The lowest BCUT2D eigenvalue weighted by Gasteiger charge is -2.20. The van der Waals surface area contributed by atoms with Gasteiger partial charge in [-0.15, -0.1) is 0 Å². The first kappa shape index (κ1) is 18.4. The number of alkyl halides is 3. The molecule has 0 atom stereocenters. The lowest BCUT2D eigenvalue weighted by atomic mass is 10.2. The zero-order valence-electron chi connectivity index (χ0n) is 13.3. The number of ether oxygens (including phenoxy) is 2. The average molecular weight is 431 g/mol. The summed E-state index contributed by atoms with van der Waals surface area (Å²) >= 11 is 3.38. The van der Waals surface area contributed by atoms with Crippen molar-refractivity contribution in [1.29, 1.82) is 0 Å². The number of hydrogen-bond acceptors (Lipinski definition) is 4. The molecule has 1 heterocycles. The normalized spacial score (nSPS) is 13.2. The third kappa shape index (κ3) is 4.40. The first-order valence-corrected chi connectivity index (χ1v) is 8.42. The summed E-state index contributed by atoms with van der Waals surface area (Å²) in [6.07, 6.45) is -4.41. The minimum Gasteiger partial charge on any atom is -0.486 e. The van der Waals surface area contributed by atoms with Gasteiger partial charge in [0.1, 0.15) is 13.2 Å². The number of fused-ring (bicyclic) bond motifs is 1. The Balaban J connectivity index is 1.59. The minimum absolute atomic E-state index is 0.0702. The summed E-state index contributed by atoms with van der Waals surface area (Å²) in [6.45, 7) is 0.851. The molecule has 2 aromatic rings. The highest BCUT2D eigenvalue weighted by atomic mass is 79.9. The Morgan fingerprint density at radius 3 is 2.31 bits per heavy atom. The molecule has 0 fully saturated rings. The maximum Gasteiger partial charge on any atom is 0.416 e. The smallest absolute Gasteiger partial charge is 0.416 e. The molecular formula is C17H14BrF3N2O3. The molecule has 5 nitrogen and oxygen atoms in total. The van der Waals surface area contributed by atoms with Gasteiger partial charge in [0.25, 0.3) is 0 Å². The van der Waals surface area contributed by atoms with E-state index in [4.69, 9.17) is 9.47 Å². The van der Waals surface area contributed by atoms with Gasteiger partial charge in [0, 0.05) is 22.3 Å². The van der Waals surface area contributed by atoms with Crippen LogP contribution >= 0.6 is 15.9 Å². The number of halogens is 4. The quantitative estimate of drug-likeness (QED) is 0.759. The number of benzene rings is 2. The lowest BCUT2D eigenvalue weighted by Crippen LogP contribution is -2.22. The van der Waals surface area contributed by atoms with Gasteiger partial charge >= 0.3 is 6.18 Å². The second-order valence-corrected chi connectivity index (χ2v) is 6.31. The van der Waals surface area contributed by atoms with Crippen LogP contribution in [0.15, 0.2) is 40.9 Å². The van der Waals surface area contributed by atoms with E-state index < -0.39 is 17.6 Å². The van der Waals surface area contributed by atoms with Crippen LogP contribution in [-0.4, -0.2) is 25.7 Å². The van der Waals surface area contributed by atoms with Crippen LogP contribution < -0.4 is 20.1 Å². The molecule has 0 unspecified atom stereocenters. The van der Waals surface area contributed by atoms with Crippen LogP contribution in [0.2, 0.25) is 0 Å². The van der Waals surface area contributed by atoms with Crippen molar-refractivity contribution in [3.63, 3.8) is 0 Å². The van der Waals surface area contributed by atoms with Crippen LogP contribution in [0, 0.1) is 0 Å². The van der Waals surface area contributed by atoms with E-state index in [1.807, 2.05) is 0 Å². The summed E-state index contributed by atoms with van der Waals surface area (Å²) < 4.78 is 49.2. The minimum atomic E-state index is -4.41. The predicted molar refractivity (Wildman–Crippen MR) is 93.7 cm³/mol. The van der Waals surface area contributed by atoms with E-state index in [0.29, 0.717) is 34.9 Å². The summed E-state index contributed by atoms with van der Waals surface area (Å²) in [5, 5.41) is 5.48. The van der Waals surface area contributed by atoms with Crippen molar-refractivity contribution < 1.29 is 27.4 Å². The molecule has 2 N–H and O–H groups in total. The Morgan fingerprint density at radius 1 is 1.08 bits per heavy atom. The average Bonchev–Trinajstić information content (AvgIpc) is 2.59. The van der Waals surface area contributed by atoms with Crippen molar-refractivity contribution >= 4 is 33.2 Å². The van der Waals surface area contributed by atoms with Crippen molar-refractivity contribution in [2.45, 2.75) is 6.18 Å². The zero-order chi connectivity index (χ0) is 18.7. The molecule has 138 valence electrons. The number of hydrogen-bond donors (Lipinski definition) is 2. The van der Waals surface area contributed by atoms with Crippen molar-refractivity contribution in [1.82, 2.24) is 0 Å². The van der Waals surface area contributed by atoms with Gasteiger partial charge in [-0.3, -0.25) is 4.79 Å². The number of carbonyl (C=O) groups is 1. The van der Waals surface area contributed by atoms with Crippen LogP contribution in [0.4, 0.5) is 24.5 Å². The summed E-state index contributed by atoms with van der Waals surface area (Å²) in [4.78, 5) is 12.0. The fraction of sp³-hybridized carbons (Fsp3) is 0.235. The van der Waals surface area contributed by atoms with Gasteiger partial charge in [-0.25, -0.2) is 0 Å². The van der Waals surface area contributed by atoms with E-state index in [1.165, 1.54) is 12.1 Å². The molecule has 1 aliphatic rings. The van der Waals surface area contributed by atoms with Gasteiger partial charge in [0.2, 0.25) is 5.91 Å². The predicted octanol–water partition coefficient (Wildman–Crippen LogP) is 4.29. The number of carbonyl (C=O) groups excluding carboxylic acids is 1. The SMILES string of the molecule is O=C(CNc1cc2c(cc1Br)OCCO2)Nc1ccc(C(F)(F)F)cc1. The summed E-state index contributed by atoms with van der Waals surface area (Å²) in [5.74, 6) is 0.791. The third-order valence-corrected chi connectivity index (χ3v) is 4.22. The van der Waals surface area contributed by atoms with Crippen molar-refractivity contribution in [3.05, 3.63) is 46.4 Å². The van der Waals surface area contributed by atoms with Crippen molar-refractivity contribution in [3.8, 4) is 11.5 Å². The lowest BCUT2D eigenvalue weighted by molar-refractivity contribution is -0.137. The van der Waals surface area contributed by atoms with Gasteiger partial charge in [-0.05, 0) is 40.2 Å². The van der Waals surface area contributed by atoms with Gasteiger partial charge in [-0.2, -0.15) is 13.2 Å². The van der Waals surface area contributed by atoms with E-state index in [-0.39, 0.29) is 12.2 Å². The van der Waals surface area contributed by atoms with E-state index >= 15 is 0 Å². The molecule has 1 amide bonds. The summed E-state index contributed by atoms with van der Waals surface area (Å²) in [6, 6.07) is 7.71. The molecule has 26 heavy (non-hydrogen) atoms. The second kappa shape index (κ2) is 7.45. The molecule has 0 saturated carbocycles. The van der Waals surface area contributed by atoms with Crippen LogP contribution in [0.5, 0.6) is 11.5 Å². The number of rotatable bonds is 4. The molecular weight excluding hydrogens is 417 g/mol. The highest BCUT2D eigenvalue weighted by Crippen LogP contribution is 2.38. The number of anilines is 2. The van der Waals surface area contributed by atoms with Crippen LogP contribution in [0.1, 0.15) is 5.56 Å². The van der Waals surface area contributed by atoms with E-state index in [1.54, 1.807) is 12.1 Å². The molecule has 0 aliphatic carbocycles. The second-order valence-electron chi connectivity index (χ2n) is 5.45. The highest BCUT2D eigenvalue weighted by Gasteiger charge is 2.30. The topological polar surface area (TPSA) is 59.6 Å². The summed E-state index contributed by atoms with van der Waals surface area (Å²) in [5.41, 5.74) is 0.150. The molecule has 1 aliphatic heterocycles. The Labute approximate surface area is 155 Å². The highest BCUT2D eigenvalue weighted by molar-refractivity contribution is 9.10. The summed E-state index contributed by atoms with van der Waals surface area (Å²) in [7, 11) is 0. The van der Waals surface area contributed by atoms with E-state index in [0.717, 1.165) is 12.1 Å². The Bertz CT molecular complexity index is 810. The molecule has 0 saturated heterocycles. The van der Waals surface area contributed by atoms with Crippen LogP contribution in [0.25, 0.3) is 0 Å². The molecule has 0 spiro atoms. The van der Waals surface area contributed by atoms with E-state index in [9.17, 15) is 18.0 Å². The number of amides is 1. The number of nitrogens with one attached hydrogen (secondary N) is 2. The van der Waals surface area contributed by atoms with Gasteiger partial charge in [-0.1, -0.05) is 0 Å². The molecule has 0 bridgehead atoms. The van der Waals surface area contributed by atoms with Crippen LogP contribution in [-0.2, 0) is 11.0 Å². The first-order valence-electron chi connectivity index (χ1n) is 7.63. The Morgan fingerprint density at radius 2 is 1.69 bits per heavy atom. The fourth-order valence-corrected chi connectivity index (χ4v) is 2.79. The molecule has 2 aromatic carbocycles. The Hall–Kier alpha value is -2.42.